The third kappa shape index (κ3) is 8.61. The van der Waals surface area contributed by atoms with E-state index in [1.165, 1.54) is 36.2 Å². The number of halogens is 3. The second-order valence-corrected chi connectivity index (χ2v) is 9.60. The molecular weight excluding hydrogens is 509 g/mol. The van der Waals surface area contributed by atoms with E-state index in [-0.39, 0.29) is 11.7 Å². The fraction of sp³-hybridized carbons (Fsp3) is 0.500. The van der Waals surface area contributed by atoms with E-state index in [2.05, 4.69) is 10.2 Å². The van der Waals surface area contributed by atoms with Crippen LogP contribution in [-0.2, 0) is 15.2 Å². The number of nitrogens with one attached hydrogen (secondary N) is 1. The van der Waals surface area contributed by atoms with Gasteiger partial charge in [-0.15, -0.1) is 13.2 Å². The maximum absolute atomic E-state index is 12.7. The van der Waals surface area contributed by atoms with Gasteiger partial charge in [0, 0.05) is 31.0 Å². The molecular formula is C26H33F3N2O5S. The molecule has 1 unspecified atom stereocenters. The van der Waals surface area contributed by atoms with Crippen molar-refractivity contribution in [2.75, 3.05) is 19.7 Å². The van der Waals surface area contributed by atoms with Gasteiger partial charge in [-0.3, -0.25) is 4.79 Å². The largest absolute Gasteiger partial charge is 0.573 e. The molecule has 4 rings (SSSR count). The van der Waals surface area contributed by atoms with Gasteiger partial charge in [-0.1, -0.05) is 38.1 Å². The van der Waals surface area contributed by atoms with E-state index in [1.54, 1.807) is 12.1 Å². The standard InChI is InChI=1S/C24H27F3N2O5S.C2H6/c25-24(26,27)33-18-10-8-17(9-11-18)23(31)12-14-29(15-13-23)35-20-6-2-1-5-19(20)22(30)28-34-21-7-3-4-16-32-21;1-2/h1-2,5-6,8-11,21,31H,3-4,7,12-16H2,(H,28,30);1-2H3. The van der Waals surface area contributed by atoms with E-state index in [1.807, 2.05) is 30.3 Å². The molecule has 0 radical (unpaired) electrons. The van der Waals surface area contributed by atoms with Gasteiger partial charge < -0.3 is 14.6 Å². The quantitative estimate of drug-likeness (QED) is 0.339. The maximum Gasteiger partial charge on any atom is 0.573 e. The summed E-state index contributed by atoms with van der Waals surface area (Å²) < 4.78 is 48.6. The third-order valence-corrected chi connectivity index (χ3v) is 7.13. The van der Waals surface area contributed by atoms with Crippen LogP contribution in [0.15, 0.2) is 53.4 Å². The zero-order chi connectivity index (χ0) is 26.9. The first-order valence-electron chi connectivity index (χ1n) is 12.4. The average molecular weight is 543 g/mol. The molecule has 204 valence electrons. The topological polar surface area (TPSA) is 80.3 Å². The summed E-state index contributed by atoms with van der Waals surface area (Å²) in [5.74, 6) is -0.691. The normalized spacial score (nSPS) is 19.9. The fourth-order valence-electron chi connectivity index (χ4n) is 4.05. The molecule has 2 aromatic carbocycles. The van der Waals surface area contributed by atoms with E-state index in [0.717, 1.165) is 24.2 Å². The predicted molar refractivity (Wildman–Crippen MR) is 134 cm³/mol. The van der Waals surface area contributed by atoms with Gasteiger partial charge in [0.15, 0.2) is 6.29 Å². The van der Waals surface area contributed by atoms with Crippen molar-refractivity contribution in [1.82, 2.24) is 9.79 Å². The summed E-state index contributed by atoms with van der Waals surface area (Å²) in [7, 11) is 0. The number of aliphatic hydroxyl groups is 1. The van der Waals surface area contributed by atoms with Gasteiger partial charge in [-0.2, -0.15) is 0 Å². The zero-order valence-electron chi connectivity index (χ0n) is 20.9. The molecule has 1 atom stereocenters. The van der Waals surface area contributed by atoms with E-state index in [9.17, 15) is 23.1 Å². The lowest BCUT2D eigenvalue weighted by molar-refractivity contribution is -0.274. The Hall–Kier alpha value is -2.31. The number of carbonyl (C=O) groups is 1. The van der Waals surface area contributed by atoms with E-state index < -0.39 is 18.3 Å². The van der Waals surface area contributed by atoms with Crippen molar-refractivity contribution in [2.24, 2.45) is 0 Å². The Morgan fingerprint density at radius 2 is 1.78 bits per heavy atom. The highest BCUT2D eigenvalue weighted by Crippen LogP contribution is 2.38. The molecule has 0 aliphatic carbocycles. The summed E-state index contributed by atoms with van der Waals surface area (Å²) in [6.45, 7) is 5.65. The molecule has 2 heterocycles. The van der Waals surface area contributed by atoms with Crippen LogP contribution in [0, 0.1) is 0 Å². The second kappa shape index (κ2) is 13.5. The summed E-state index contributed by atoms with van der Waals surface area (Å²) in [5, 5.41) is 11.1. The number of alkyl halides is 3. The van der Waals surface area contributed by atoms with Crippen LogP contribution in [0.1, 0.15) is 61.9 Å². The number of hydrogen-bond donors (Lipinski definition) is 2. The molecule has 7 nitrogen and oxygen atoms in total. The molecule has 2 aliphatic heterocycles. The summed E-state index contributed by atoms with van der Waals surface area (Å²) in [6.07, 6.45) is -1.74. The minimum Gasteiger partial charge on any atom is -0.406 e. The van der Waals surface area contributed by atoms with Crippen LogP contribution in [0.4, 0.5) is 13.2 Å². The van der Waals surface area contributed by atoms with Gasteiger partial charge in [0.05, 0.1) is 11.2 Å². The van der Waals surface area contributed by atoms with Gasteiger partial charge >= 0.3 is 6.36 Å². The maximum atomic E-state index is 12.7. The first-order chi connectivity index (χ1) is 17.7. The summed E-state index contributed by atoms with van der Waals surface area (Å²) in [6, 6.07) is 12.5. The van der Waals surface area contributed by atoms with Gasteiger partial charge in [0.25, 0.3) is 5.91 Å². The van der Waals surface area contributed by atoms with Crippen molar-refractivity contribution < 1.29 is 37.4 Å². The lowest BCUT2D eigenvalue weighted by Crippen LogP contribution is -2.39. The number of carbonyl (C=O) groups excluding carboxylic acids is 1. The highest BCUT2D eigenvalue weighted by molar-refractivity contribution is 7.97. The summed E-state index contributed by atoms with van der Waals surface area (Å²) >= 11 is 1.42. The number of hydrogen-bond acceptors (Lipinski definition) is 7. The Morgan fingerprint density at radius 3 is 2.41 bits per heavy atom. The smallest absolute Gasteiger partial charge is 0.406 e. The monoisotopic (exact) mass is 542 g/mol. The van der Waals surface area contributed by atoms with Crippen LogP contribution in [0.25, 0.3) is 0 Å². The number of piperidine rings is 1. The van der Waals surface area contributed by atoms with E-state index >= 15 is 0 Å². The molecule has 2 saturated heterocycles. The van der Waals surface area contributed by atoms with Crippen LogP contribution in [0.2, 0.25) is 0 Å². The lowest BCUT2D eigenvalue weighted by atomic mass is 9.85. The predicted octanol–water partition coefficient (Wildman–Crippen LogP) is 5.79. The number of nitrogens with zero attached hydrogens (tertiary/aromatic N) is 1. The molecule has 0 saturated carbocycles. The first kappa shape index (κ1) is 29.2. The minimum atomic E-state index is -4.76. The minimum absolute atomic E-state index is 0.327. The van der Waals surface area contributed by atoms with E-state index in [4.69, 9.17) is 9.57 Å². The molecule has 2 aromatic rings. The fourth-order valence-corrected chi connectivity index (χ4v) is 5.10. The number of hydroxylamine groups is 1. The highest BCUT2D eigenvalue weighted by Gasteiger charge is 2.35. The van der Waals surface area contributed by atoms with Crippen LogP contribution in [-0.4, -0.2) is 47.7 Å². The average Bonchev–Trinajstić information content (AvgIpc) is 2.90. The Balaban J connectivity index is 0.00000186. The van der Waals surface area contributed by atoms with Crippen molar-refractivity contribution in [2.45, 2.75) is 69.1 Å². The molecule has 2 aliphatic rings. The molecule has 1 amide bonds. The van der Waals surface area contributed by atoms with E-state index in [0.29, 0.717) is 43.7 Å². The van der Waals surface area contributed by atoms with Crippen LogP contribution >= 0.6 is 11.9 Å². The molecule has 0 bridgehead atoms. The molecule has 2 fully saturated rings. The zero-order valence-corrected chi connectivity index (χ0v) is 21.7. The van der Waals surface area contributed by atoms with Crippen molar-refractivity contribution in [3.63, 3.8) is 0 Å². The second-order valence-electron chi connectivity index (χ2n) is 8.47. The molecule has 37 heavy (non-hydrogen) atoms. The summed E-state index contributed by atoms with van der Waals surface area (Å²) in [5.41, 5.74) is 2.34. The Labute approximate surface area is 219 Å². The molecule has 2 N–H and O–H groups in total. The highest BCUT2D eigenvalue weighted by atomic mass is 32.2. The Bertz CT molecular complexity index is 992. The van der Waals surface area contributed by atoms with Crippen LogP contribution in [0.5, 0.6) is 5.75 Å². The molecule has 11 heteroatoms. The lowest BCUT2D eigenvalue weighted by Gasteiger charge is -2.38. The van der Waals surface area contributed by atoms with Crippen LogP contribution in [0.3, 0.4) is 0 Å². The number of rotatable bonds is 7. The Kier molecular flexibility index (Phi) is 10.7. The molecule has 0 aromatic heterocycles. The number of benzene rings is 2. The van der Waals surface area contributed by atoms with Gasteiger partial charge in [-0.05, 0) is 67.5 Å². The van der Waals surface area contributed by atoms with Crippen molar-refractivity contribution >= 4 is 17.9 Å². The number of amides is 1. The molecule has 0 spiro atoms. The van der Waals surface area contributed by atoms with Gasteiger partial charge in [0.2, 0.25) is 0 Å². The first-order valence-corrected chi connectivity index (χ1v) is 13.2. The van der Waals surface area contributed by atoms with Crippen molar-refractivity contribution in [3.05, 3.63) is 59.7 Å². The number of ether oxygens (including phenoxy) is 2. The SMILES string of the molecule is CC.O=C(NOC1CCCCO1)c1ccccc1SN1CCC(O)(c2ccc(OC(F)(F)F)cc2)CC1. The van der Waals surface area contributed by atoms with Crippen molar-refractivity contribution in [1.29, 1.82) is 0 Å². The van der Waals surface area contributed by atoms with Crippen molar-refractivity contribution in [3.8, 4) is 5.75 Å². The summed E-state index contributed by atoms with van der Waals surface area (Å²) in [4.78, 5) is 18.9. The van der Waals surface area contributed by atoms with Gasteiger partial charge in [-0.25, -0.2) is 14.6 Å². The third-order valence-electron chi connectivity index (χ3n) is 5.95. The van der Waals surface area contributed by atoms with Crippen LogP contribution < -0.4 is 10.2 Å². The Morgan fingerprint density at radius 1 is 1.11 bits per heavy atom. The van der Waals surface area contributed by atoms with Gasteiger partial charge in [0.1, 0.15) is 5.75 Å².